The number of benzene rings is 3. The molecule has 0 aliphatic heterocycles. The van der Waals surface area contributed by atoms with Gasteiger partial charge in [0, 0.05) is 11.4 Å². The van der Waals surface area contributed by atoms with Crippen molar-refractivity contribution in [3.63, 3.8) is 0 Å². The van der Waals surface area contributed by atoms with Gasteiger partial charge in [0.15, 0.2) is 11.5 Å². The number of hydrogen-bond donors (Lipinski definition) is 0. The molecule has 4 aromatic rings. The molecule has 0 unspecified atom stereocenters. The van der Waals surface area contributed by atoms with Crippen LogP contribution in [0.3, 0.4) is 0 Å². The zero-order valence-electron chi connectivity index (χ0n) is 12.4. The maximum Gasteiger partial charge on any atom is 0.199 e. The molecule has 0 saturated heterocycles. The first-order valence-corrected chi connectivity index (χ1v) is 7.85. The average molecular weight is 320 g/mol. The molecule has 0 aliphatic rings. The highest BCUT2D eigenvalue weighted by Crippen LogP contribution is 2.25. The third kappa shape index (κ3) is 2.99. The van der Waals surface area contributed by atoms with Crippen molar-refractivity contribution in [2.45, 2.75) is 6.42 Å². The van der Waals surface area contributed by atoms with E-state index >= 15 is 0 Å². The smallest absolute Gasteiger partial charge is 0.199 e. The van der Waals surface area contributed by atoms with Crippen LogP contribution < -0.4 is 0 Å². The van der Waals surface area contributed by atoms with Crippen molar-refractivity contribution in [1.82, 2.24) is 4.98 Å². The summed E-state index contributed by atoms with van der Waals surface area (Å²) in [5, 5.41) is 0.735. The van der Waals surface area contributed by atoms with E-state index in [1.165, 1.54) is 5.56 Å². The Bertz CT molecular complexity index is 942. The Morgan fingerprint density at radius 1 is 0.826 bits per heavy atom. The molecule has 1 heterocycles. The second-order valence-electron chi connectivity index (χ2n) is 5.46. The van der Waals surface area contributed by atoms with E-state index in [9.17, 15) is 0 Å². The van der Waals surface area contributed by atoms with Gasteiger partial charge < -0.3 is 4.42 Å². The van der Waals surface area contributed by atoms with Gasteiger partial charge in [0.1, 0.15) is 5.52 Å². The highest BCUT2D eigenvalue weighted by atomic mass is 35.5. The number of oxazole rings is 1. The Balaban J connectivity index is 1.66. The molecule has 3 aromatic carbocycles. The Morgan fingerprint density at radius 2 is 1.61 bits per heavy atom. The normalized spacial score (nSPS) is 11.0. The molecule has 2 nitrogen and oxygen atoms in total. The molecular formula is C20H14ClNO. The summed E-state index contributed by atoms with van der Waals surface area (Å²) in [6, 6.07) is 24.1. The molecule has 23 heavy (non-hydrogen) atoms. The van der Waals surface area contributed by atoms with Crippen LogP contribution in [0.15, 0.2) is 77.2 Å². The number of nitrogens with zero attached hydrogens (tertiary/aromatic N) is 1. The van der Waals surface area contributed by atoms with E-state index < -0.39 is 0 Å². The van der Waals surface area contributed by atoms with Crippen LogP contribution in [0.4, 0.5) is 0 Å². The molecule has 0 fully saturated rings. The predicted molar refractivity (Wildman–Crippen MR) is 93.7 cm³/mol. The summed E-state index contributed by atoms with van der Waals surface area (Å²) in [4.78, 5) is 4.62. The summed E-state index contributed by atoms with van der Waals surface area (Å²) in [6.07, 6.45) is 0.659. The van der Waals surface area contributed by atoms with E-state index in [0.717, 1.165) is 27.2 Å². The average Bonchev–Trinajstić information content (AvgIpc) is 2.99. The summed E-state index contributed by atoms with van der Waals surface area (Å²) in [7, 11) is 0. The van der Waals surface area contributed by atoms with Crippen LogP contribution in [-0.2, 0) is 6.42 Å². The van der Waals surface area contributed by atoms with E-state index in [1.807, 2.05) is 48.5 Å². The van der Waals surface area contributed by atoms with Gasteiger partial charge in [-0.1, -0.05) is 60.1 Å². The first-order chi connectivity index (χ1) is 11.3. The lowest BCUT2D eigenvalue weighted by Gasteiger charge is -1.99. The quantitative estimate of drug-likeness (QED) is 0.481. The third-order valence-corrected chi connectivity index (χ3v) is 4.06. The van der Waals surface area contributed by atoms with Gasteiger partial charge in [-0.15, -0.1) is 0 Å². The fourth-order valence-corrected chi connectivity index (χ4v) is 2.76. The lowest BCUT2D eigenvalue weighted by atomic mass is 10.1. The van der Waals surface area contributed by atoms with E-state index in [1.54, 1.807) is 0 Å². The van der Waals surface area contributed by atoms with Crippen molar-refractivity contribution in [3.8, 4) is 11.1 Å². The largest absolute Gasteiger partial charge is 0.440 e. The Hall–Kier alpha value is -2.58. The summed E-state index contributed by atoms with van der Waals surface area (Å²) in [6.45, 7) is 0. The van der Waals surface area contributed by atoms with E-state index in [0.29, 0.717) is 12.3 Å². The molecule has 0 atom stereocenters. The minimum atomic E-state index is 0.659. The SMILES string of the molecule is Clc1ccc(Cc2nc3cc(-c4ccccc4)ccc3o2)cc1. The fourth-order valence-electron chi connectivity index (χ4n) is 2.64. The summed E-state index contributed by atoms with van der Waals surface area (Å²) < 4.78 is 5.85. The van der Waals surface area contributed by atoms with E-state index in [-0.39, 0.29) is 0 Å². The second kappa shape index (κ2) is 5.90. The first-order valence-electron chi connectivity index (χ1n) is 7.47. The lowest BCUT2D eigenvalue weighted by molar-refractivity contribution is 0.544. The van der Waals surface area contributed by atoms with Crippen LogP contribution in [0.1, 0.15) is 11.5 Å². The molecule has 0 radical (unpaired) electrons. The molecule has 1 aromatic heterocycles. The maximum atomic E-state index is 5.92. The molecule has 0 amide bonds. The maximum absolute atomic E-state index is 5.92. The highest BCUT2D eigenvalue weighted by Gasteiger charge is 2.08. The summed E-state index contributed by atoms with van der Waals surface area (Å²) in [5.41, 5.74) is 5.15. The van der Waals surface area contributed by atoms with Gasteiger partial charge in [0.05, 0.1) is 0 Å². The predicted octanol–water partition coefficient (Wildman–Crippen LogP) is 5.74. The van der Waals surface area contributed by atoms with Gasteiger partial charge in [-0.2, -0.15) is 0 Å². The van der Waals surface area contributed by atoms with Crippen molar-refractivity contribution in [2.75, 3.05) is 0 Å². The number of halogens is 1. The molecule has 0 N–H and O–H groups in total. The van der Waals surface area contributed by atoms with Crippen LogP contribution in [0.2, 0.25) is 5.02 Å². The fraction of sp³-hybridized carbons (Fsp3) is 0.0500. The topological polar surface area (TPSA) is 26.0 Å². The van der Waals surface area contributed by atoms with Gasteiger partial charge in [0.2, 0.25) is 0 Å². The van der Waals surface area contributed by atoms with Crippen molar-refractivity contribution in [1.29, 1.82) is 0 Å². The van der Waals surface area contributed by atoms with Crippen molar-refractivity contribution in [3.05, 3.63) is 89.3 Å². The van der Waals surface area contributed by atoms with E-state index in [4.69, 9.17) is 16.0 Å². The molecule has 0 aliphatic carbocycles. The highest BCUT2D eigenvalue weighted by molar-refractivity contribution is 6.30. The summed E-state index contributed by atoms with van der Waals surface area (Å²) in [5.74, 6) is 0.715. The molecule has 3 heteroatoms. The van der Waals surface area contributed by atoms with Gasteiger partial charge in [-0.25, -0.2) is 4.98 Å². The lowest BCUT2D eigenvalue weighted by Crippen LogP contribution is -1.87. The van der Waals surface area contributed by atoms with Crippen LogP contribution in [-0.4, -0.2) is 4.98 Å². The van der Waals surface area contributed by atoms with Gasteiger partial charge >= 0.3 is 0 Å². The minimum absolute atomic E-state index is 0.659. The number of hydrogen-bond acceptors (Lipinski definition) is 2. The Morgan fingerprint density at radius 3 is 2.39 bits per heavy atom. The molecular weight excluding hydrogens is 306 g/mol. The van der Waals surface area contributed by atoms with Gasteiger partial charge in [-0.05, 0) is 41.0 Å². The third-order valence-electron chi connectivity index (χ3n) is 3.81. The number of rotatable bonds is 3. The zero-order chi connectivity index (χ0) is 15.6. The van der Waals surface area contributed by atoms with Crippen molar-refractivity contribution < 1.29 is 4.42 Å². The van der Waals surface area contributed by atoms with Crippen LogP contribution in [0, 0.1) is 0 Å². The van der Waals surface area contributed by atoms with Crippen LogP contribution >= 0.6 is 11.6 Å². The van der Waals surface area contributed by atoms with Gasteiger partial charge in [-0.3, -0.25) is 0 Å². The van der Waals surface area contributed by atoms with Crippen molar-refractivity contribution in [2.24, 2.45) is 0 Å². The molecule has 112 valence electrons. The molecule has 0 spiro atoms. The number of aromatic nitrogens is 1. The van der Waals surface area contributed by atoms with Gasteiger partial charge in [0.25, 0.3) is 0 Å². The zero-order valence-corrected chi connectivity index (χ0v) is 13.1. The minimum Gasteiger partial charge on any atom is -0.440 e. The van der Waals surface area contributed by atoms with Crippen molar-refractivity contribution >= 4 is 22.7 Å². The summed E-state index contributed by atoms with van der Waals surface area (Å²) >= 11 is 5.92. The Labute approximate surface area is 139 Å². The van der Waals surface area contributed by atoms with Crippen LogP contribution in [0.5, 0.6) is 0 Å². The first kappa shape index (κ1) is 14.0. The molecule has 0 bridgehead atoms. The Kier molecular flexibility index (Phi) is 3.60. The molecule has 4 rings (SSSR count). The van der Waals surface area contributed by atoms with E-state index in [2.05, 4.69) is 29.2 Å². The standard InChI is InChI=1S/C20H14ClNO/c21-17-9-6-14(7-10-17)12-20-22-18-13-16(8-11-19(18)23-20)15-4-2-1-3-5-15/h1-11,13H,12H2. The molecule has 0 saturated carbocycles. The monoisotopic (exact) mass is 319 g/mol. The second-order valence-corrected chi connectivity index (χ2v) is 5.90. The number of fused-ring (bicyclic) bond motifs is 1. The van der Waals surface area contributed by atoms with Crippen LogP contribution in [0.25, 0.3) is 22.2 Å².